The van der Waals surface area contributed by atoms with Crippen LogP contribution in [0.4, 0.5) is 0 Å². The van der Waals surface area contributed by atoms with Crippen molar-refractivity contribution in [3.8, 4) is 0 Å². The maximum atomic E-state index is 13.2. The van der Waals surface area contributed by atoms with E-state index in [0.717, 1.165) is 37.5 Å². The lowest BCUT2D eigenvalue weighted by Crippen LogP contribution is -2.48. The van der Waals surface area contributed by atoms with Gasteiger partial charge in [-0.3, -0.25) is 9.78 Å². The minimum atomic E-state index is 0.177. The van der Waals surface area contributed by atoms with E-state index in [0.29, 0.717) is 17.9 Å². The molecule has 5 rings (SSSR count). The first kappa shape index (κ1) is 16.5. The summed E-state index contributed by atoms with van der Waals surface area (Å²) in [5.74, 6) is 2.14. The minimum absolute atomic E-state index is 0.177. The number of likely N-dealkylation sites (tertiary alicyclic amines) is 2. The molecule has 3 atom stereocenters. The van der Waals surface area contributed by atoms with Crippen molar-refractivity contribution in [2.45, 2.75) is 31.2 Å². The molecule has 136 valence electrons. The Kier molecular flexibility index (Phi) is 4.29. The van der Waals surface area contributed by atoms with E-state index < -0.39 is 0 Å². The van der Waals surface area contributed by atoms with Crippen molar-refractivity contribution in [2.75, 3.05) is 26.2 Å². The lowest BCUT2D eigenvalue weighted by Gasteiger charge is -2.39. The third-order valence-electron chi connectivity index (χ3n) is 6.39. The van der Waals surface area contributed by atoms with Crippen LogP contribution in [-0.2, 0) is 0 Å². The van der Waals surface area contributed by atoms with Gasteiger partial charge in [-0.2, -0.15) is 11.3 Å². The third-order valence-corrected chi connectivity index (χ3v) is 7.09. The average molecular weight is 368 g/mol. The Labute approximate surface area is 158 Å². The van der Waals surface area contributed by atoms with Crippen molar-refractivity contribution < 1.29 is 4.79 Å². The number of hydrogen-bond donors (Lipinski definition) is 0. The summed E-state index contributed by atoms with van der Waals surface area (Å²) in [6.07, 6.45) is 7.36. The largest absolute Gasteiger partial charge is 0.335 e. The summed E-state index contributed by atoms with van der Waals surface area (Å²) in [6.45, 7) is 4.39. The van der Waals surface area contributed by atoms with Gasteiger partial charge in [0, 0.05) is 62.0 Å². The molecule has 0 aromatic carbocycles. The van der Waals surface area contributed by atoms with E-state index >= 15 is 0 Å². The van der Waals surface area contributed by atoms with Crippen molar-refractivity contribution in [2.24, 2.45) is 11.8 Å². The lowest BCUT2D eigenvalue weighted by molar-refractivity contribution is 0.0617. The number of carbonyl (C=O) groups is 1. The molecule has 3 aliphatic rings. The van der Waals surface area contributed by atoms with Gasteiger partial charge in [0.25, 0.3) is 5.91 Å². The van der Waals surface area contributed by atoms with Crippen LogP contribution in [-0.4, -0.2) is 52.9 Å². The summed E-state index contributed by atoms with van der Waals surface area (Å²) in [5, 5.41) is 4.45. The zero-order chi connectivity index (χ0) is 17.5. The highest BCUT2D eigenvalue weighted by molar-refractivity contribution is 7.08. The fourth-order valence-corrected chi connectivity index (χ4v) is 5.59. The van der Waals surface area contributed by atoms with Gasteiger partial charge in [0.1, 0.15) is 0 Å². The van der Waals surface area contributed by atoms with E-state index in [2.05, 4.69) is 31.6 Å². The number of aromatic nitrogens is 1. The highest BCUT2D eigenvalue weighted by Crippen LogP contribution is 2.43. The fraction of sp³-hybridized carbons (Fsp3) is 0.524. The van der Waals surface area contributed by atoms with E-state index in [9.17, 15) is 4.79 Å². The normalized spacial score (nSPS) is 28.9. The van der Waals surface area contributed by atoms with Gasteiger partial charge in [-0.25, -0.2) is 0 Å². The number of rotatable bonds is 4. The summed E-state index contributed by atoms with van der Waals surface area (Å²) >= 11 is 1.77. The molecule has 1 aliphatic carbocycles. The molecule has 1 amide bonds. The van der Waals surface area contributed by atoms with Crippen molar-refractivity contribution in [1.29, 1.82) is 0 Å². The molecule has 5 heteroatoms. The predicted molar refractivity (Wildman–Crippen MR) is 103 cm³/mol. The van der Waals surface area contributed by atoms with Gasteiger partial charge in [-0.1, -0.05) is 0 Å². The molecule has 1 saturated carbocycles. The maximum absolute atomic E-state index is 13.2. The number of thiophene rings is 1. The molecule has 2 aromatic rings. The van der Waals surface area contributed by atoms with Crippen LogP contribution in [0.2, 0.25) is 0 Å². The van der Waals surface area contributed by atoms with Gasteiger partial charge in [-0.05, 0) is 59.7 Å². The molecule has 2 aliphatic heterocycles. The summed E-state index contributed by atoms with van der Waals surface area (Å²) in [6, 6.07) is 6.32. The van der Waals surface area contributed by atoms with Crippen LogP contribution in [0, 0.1) is 11.8 Å². The number of hydrogen-bond acceptors (Lipinski definition) is 4. The van der Waals surface area contributed by atoms with E-state index in [1.54, 1.807) is 23.7 Å². The molecule has 2 saturated heterocycles. The third kappa shape index (κ3) is 3.08. The molecular formula is C21H25N3OS. The molecule has 0 radical (unpaired) electrons. The number of carbonyl (C=O) groups excluding carboxylic acids is 1. The van der Waals surface area contributed by atoms with Crippen molar-refractivity contribution in [3.05, 3.63) is 52.5 Å². The van der Waals surface area contributed by atoms with Gasteiger partial charge in [-0.15, -0.1) is 0 Å². The first-order chi connectivity index (χ1) is 12.8. The highest BCUT2D eigenvalue weighted by Gasteiger charge is 2.47. The van der Waals surface area contributed by atoms with Crippen LogP contribution in [0.3, 0.4) is 0 Å². The Bertz CT molecular complexity index is 759. The Morgan fingerprint density at radius 3 is 2.73 bits per heavy atom. The smallest absolute Gasteiger partial charge is 0.254 e. The molecule has 0 N–H and O–H groups in total. The zero-order valence-electron chi connectivity index (χ0n) is 15.0. The van der Waals surface area contributed by atoms with Crippen LogP contribution in [0.15, 0.2) is 41.4 Å². The standard InChI is InChI=1S/C21H25N3OS/c25-21(16-3-7-22-8-4-16)24-13-18(17-6-10-26-14-17)19-12-23(9-5-20(19)24)11-15-1-2-15/h3-4,6-8,10,14-15,18-20H,1-2,5,9,11-13H2/t18-,19-,20-/m0/s1. The second-order valence-electron chi connectivity index (χ2n) is 8.08. The first-order valence-electron chi connectivity index (χ1n) is 9.75. The van der Waals surface area contributed by atoms with Crippen LogP contribution >= 0.6 is 11.3 Å². The molecular weight excluding hydrogens is 342 g/mol. The summed E-state index contributed by atoms with van der Waals surface area (Å²) in [5.41, 5.74) is 2.19. The molecule has 0 spiro atoms. The minimum Gasteiger partial charge on any atom is -0.335 e. The van der Waals surface area contributed by atoms with Crippen LogP contribution in [0.5, 0.6) is 0 Å². The second-order valence-corrected chi connectivity index (χ2v) is 8.86. The molecule has 4 nitrogen and oxygen atoms in total. The van der Waals surface area contributed by atoms with Gasteiger partial charge in [0.2, 0.25) is 0 Å². The Balaban J connectivity index is 1.40. The molecule has 2 aromatic heterocycles. The molecule has 3 fully saturated rings. The van der Waals surface area contributed by atoms with E-state index in [-0.39, 0.29) is 5.91 Å². The molecule has 4 heterocycles. The van der Waals surface area contributed by atoms with Gasteiger partial charge in [0.05, 0.1) is 0 Å². The van der Waals surface area contributed by atoms with Crippen LogP contribution in [0.1, 0.15) is 41.1 Å². The number of nitrogens with zero attached hydrogens (tertiary/aromatic N) is 3. The molecule has 0 unspecified atom stereocenters. The SMILES string of the molecule is O=C(c1ccncc1)N1C[C@@H](c2ccsc2)[C@@H]2CN(CC3CC3)CC[C@@H]21. The lowest BCUT2D eigenvalue weighted by atomic mass is 9.82. The average Bonchev–Trinajstić information content (AvgIpc) is 3.19. The monoisotopic (exact) mass is 367 g/mol. The van der Waals surface area contributed by atoms with Gasteiger partial charge >= 0.3 is 0 Å². The van der Waals surface area contributed by atoms with E-state index in [1.165, 1.54) is 24.9 Å². The zero-order valence-corrected chi connectivity index (χ0v) is 15.8. The number of piperidine rings is 1. The topological polar surface area (TPSA) is 36.4 Å². The second kappa shape index (κ2) is 6.78. The van der Waals surface area contributed by atoms with Gasteiger partial charge < -0.3 is 9.80 Å². The van der Waals surface area contributed by atoms with Crippen LogP contribution < -0.4 is 0 Å². The van der Waals surface area contributed by atoms with E-state index in [4.69, 9.17) is 0 Å². The number of amides is 1. The molecule has 26 heavy (non-hydrogen) atoms. The predicted octanol–water partition coefficient (Wildman–Crippen LogP) is 3.48. The van der Waals surface area contributed by atoms with Crippen molar-refractivity contribution in [3.63, 3.8) is 0 Å². The summed E-state index contributed by atoms with van der Waals surface area (Å²) < 4.78 is 0. The maximum Gasteiger partial charge on any atom is 0.254 e. The van der Waals surface area contributed by atoms with E-state index in [1.807, 2.05) is 12.1 Å². The Hall–Kier alpha value is -1.72. The Morgan fingerprint density at radius 1 is 1.15 bits per heavy atom. The number of fused-ring (bicyclic) bond motifs is 1. The van der Waals surface area contributed by atoms with Crippen LogP contribution in [0.25, 0.3) is 0 Å². The fourth-order valence-electron chi connectivity index (χ4n) is 4.87. The first-order valence-corrected chi connectivity index (χ1v) is 10.7. The van der Waals surface area contributed by atoms with Crippen molar-refractivity contribution >= 4 is 17.2 Å². The number of pyridine rings is 1. The quantitative estimate of drug-likeness (QED) is 0.830. The van der Waals surface area contributed by atoms with Crippen molar-refractivity contribution in [1.82, 2.24) is 14.8 Å². The highest BCUT2D eigenvalue weighted by atomic mass is 32.1. The van der Waals surface area contributed by atoms with Gasteiger partial charge in [0.15, 0.2) is 0 Å². The summed E-state index contributed by atoms with van der Waals surface area (Å²) in [7, 11) is 0. The molecule has 0 bridgehead atoms. The summed E-state index contributed by atoms with van der Waals surface area (Å²) in [4.78, 5) is 22.1. The Morgan fingerprint density at radius 2 is 2.00 bits per heavy atom.